The first-order valence-electron chi connectivity index (χ1n) is 6.83. The number of benzene rings is 1. The largest absolute Gasteiger partial charge is 0.490 e. The molecule has 0 aliphatic carbocycles. The molecule has 1 aromatic rings. The maximum atomic E-state index is 12.4. The van der Waals surface area contributed by atoms with Crippen LogP contribution in [0, 0.1) is 5.41 Å². The van der Waals surface area contributed by atoms with Gasteiger partial charge in [-0.3, -0.25) is 9.59 Å². The molecule has 5 heteroatoms. The van der Waals surface area contributed by atoms with Gasteiger partial charge in [-0.2, -0.15) is 0 Å². The molecule has 1 amide bonds. The quantitative estimate of drug-likeness (QED) is 0.844. The lowest BCUT2D eigenvalue weighted by molar-refractivity contribution is -0.147. The molecule has 1 aromatic carbocycles. The molecule has 1 heterocycles. The van der Waals surface area contributed by atoms with E-state index in [1.54, 1.807) is 42.2 Å². The highest BCUT2D eigenvalue weighted by Crippen LogP contribution is 2.31. The number of carbonyl (C=O) groups is 2. The Balaban J connectivity index is 2.04. The first kappa shape index (κ1) is 15.1. The smallest absolute Gasteiger partial charge is 0.311 e. The predicted molar refractivity (Wildman–Crippen MR) is 78.4 cm³/mol. The van der Waals surface area contributed by atoms with Gasteiger partial charge in [0.15, 0.2) is 0 Å². The van der Waals surface area contributed by atoms with Gasteiger partial charge in [-0.05, 0) is 37.6 Å². The van der Waals surface area contributed by atoms with Crippen LogP contribution in [0.5, 0.6) is 5.75 Å². The van der Waals surface area contributed by atoms with Gasteiger partial charge in [0.1, 0.15) is 12.4 Å². The predicted octanol–water partition coefficient (Wildman–Crippen LogP) is 2.19. The third-order valence-corrected chi connectivity index (χ3v) is 3.75. The summed E-state index contributed by atoms with van der Waals surface area (Å²) in [4.78, 5) is 25.2. The summed E-state index contributed by atoms with van der Waals surface area (Å²) < 4.78 is 5.36. The highest BCUT2D eigenvalue weighted by atomic mass is 16.5. The van der Waals surface area contributed by atoms with Crippen molar-refractivity contribution < 1.29 is 19.4 Å². The van der Waals surface area contributed by atoms with Gasteiger partial charge in [0, 0.05) is 18.7 Å². The van der Waals surface area contributed by atoms with E-state index in [-0.39, 0.29) is 12.5 Å². The van der Waals surface area contributed by atoms with Gasteiger partial charge in [0.2, 0.25) is 0 Å². The molecule has 0 radical (unpaired) electrons. The number of aliphatic carboxylic acids is 1. The first-order valence-corrected chi connectivity index (χ1v) is 6.83. The molecule has 0 bridgehead atoms. The van der Waals surface area contributed by atoms with Crippen LogP contribution < -0.4 is 4.74 Å². The SMILES string of the molecule is C=CCOc1ccc(C(=O)N2CCC(C)(C(=O)O)C2)cc1. The molecule has 1 atom stereocenters. The standard InChI is InChI=1S/C16H19NO4/c1-3-10-21-13-6-4-12(5-7-13)14(18)17-9-8-16(2,11-17)15(19)20/h3-7H,1,8-11H2,2H3,(H,19,20). The van der Waals surface area contributed by atoms with Crippen molar-refractivity contribution in [3.05, 3.63) is 42.5 Å². The zero-order valence-corrected chi connectivity index (χ0v) is 12.0. The summed E-state index contributed by atoms with van der Waals surface area (Å²) in [6.07, 6.45) is 2.13. The van der Waals surface area contributed by atoms with Crippen LogP contribution in [-0.2, 0) is 4.79 Å². The molecule has 112 valence electrons. The van der Waals surface area contributed by atoms with Crippen molar-refractivity contribution in [2.24, 2.45) is 5.41 Å². The summed E-state index contributed by atoms with van der Waals surface area (Å²) in [6.45, 7) is 6.37. The van der Waals surface area contributed by atoms with Crippen LogP contribution in [0.3, 0.4) is 0 Å². The Hall–Kier alpha value is -2.30. The number of hydrogen-bond donors (Lipinski definition) is 1. The van der Waals surface area contributed by atoms with E-state index in [2.05, 4.69) is 6.58 Å². The lowest BCUT2D eigenvalue weighted by Crippen LogP contribution is -2.34. The topological polar surface area (TPSA) is 66.8 Å². The van der Waals surface area contributed by atoms with Gasteiger partial charge >= 0.3 is 5.97 Å². The van der Waals surface area contributed by atoms with E-state index < -0.39 is 11.4 Å². The number of likely N-dealkylation sites (tertiary alicyclic amines) is 1. The maximum Gasteiger partial charge on any atom is 0.311 e. The Morgan fingerprint density at radius 1 is 1.43 bits per heavy atom. The van der Waals surface area contributed by atoms with Gasteiger partial charge in [0.05, 0.1) is 5.41 Å². The summed E-state index contributed by atoms with van der Waals surface area (Å²) >= 11 is 0. The lowest BCUT2D eigenvalue weighted by Gasteiger charge is -2.20. The van der Waals surface area contributed by atoms with Crippen LogP contribution in [0.1, 0.15) is 23.7 Å². The van der Waals surface area contributed by atoms with Crippen molar-refractivity contribution in [1.29, 1.82) is 0 Å². The number of rotatable bonds is 5. The summed E-state index contributed by atoms with van der Waals surface area (Å²) in [5, 5.41) is 9.20. The summed E-state index contributed by atoms with van der Waals surface area (Å²) in [5.74, 6) is -0.329. The van der Waals surface area contributed by atoms with Gasteiger partial charge in [0.25, 0.3) is 5.91 Å². The minimum absolute atomic E-state index is 0.143. The molecule has 1 aliphatic rings. The molecule has 5 nitrogen and oxygen atoms in total. The highest BCUT2D eigenvalue weighted by molar-refractivity contribution is 5.95. The van der Waals surface area contributed by atoms with Crippen molar-refractivity contribution in [2.75, 3.05) is 19.7 Å². The van der Waals surface area contributed by atoms with E-state index in [1.807, 2.05) is 0 Å². The second-order valence-electron chi connectivity index (χ2n) is 5.47. The zero-order valence-electron chi connectivity index (χ0n) is 12.0. The van der Waals surface area contributed by atoms with Crippen molar-refractivity contribution in [1.82, 2.24) is 4.90 Å². The number of nitrogens with zero attached hydrogens (tertiary/aromatic N) is 1. The minimum Gasteiger partial charge on any atom is -0.490 e. The van der Waals surface area contributed by atoms with Crippen LogP contribution in [-0.4, -0.2) is 41.6 Å². The van der Waals surface area contributed by atoms with Gasteiger partial charge in [-0.15, -0.1) is 0 Å². The molecule has 0 spiro atoms. The fraction of sp³-hybridized carbons (Fsp3) is 0.375. The van der Waals surface area contributed by atoms with Crippen LogP contribution in [0.2, 0.25) is 0 Å². The van der Waals surface area contributed by atoms with Crippen molar-refractivity contribution in [3.63, 3.8) is 0 Å². The Kier molecular flexibility index (Phi) is 4.31. The number of carboxylic acids is 1. The molecule has 1 aliphatic heterocycles. The van der Waals surface area contributed by atoms with Crippen LogP contribution >= 0.6 is 0 Å². The normalized spacial score (nSPS) is 21.1. The molecule has 1 fully saturated rings. The Morgan fingerprint density at radius 2 is 2.10 bits per heavy atom. The third-order valence-electron chi connectivity index (χ3n) is 3.75. The third kappa shape index (κ3) is 3.24. The molecule has 21 heavy (non-hydrogen) atoms. The monoisotopic (exact) mass is 289 g/mol. The minimum atomic E-state index is -0.856. The number of amides is 1. The highest BCUT2D eigenvalue weighted by Gasteiger charge is 2.42. The van der Waals surface area contributed by atoms with Crippen molar-refractivity contribution in [2.45, 2.75) is 13.3 Å². The second kappa shape index (κ2) is 5.99. The fourth-order valence-electron chi connectivity index (χ4n) is 2.34. The molecule has 2 rings (SSSR count). The van der Waals surface area contributed by atoms with E-state index in [1.165, 1.54) is 0 Å². The maximum absolute atomic E-state index is 12.4. The van der Waals surface area contributed by atoms with E-state index >= 15 is 0 Å². The average molecular weight is 289 g/mol. The Labute approximate surface area is 123 Å². The molecule has 1 N–H and O–H groups in total. The summed E-state index contributed by atoms with van der Waals surface area (Å²) in [6, 6.07) is 6.83. The molecule has 1 saturated heterocycles. The fourth-order valence-corrected chi connectivity index (χ4v) is 2.34. The number of carboxylic acid groups (broad SMARTS) is 1. The summed E-state index contributed by atoms with van der Waals surface area (Å²) in [5.41, 5.74) is -0.307. The van der Waals surface area contributed by atoms with E-state index in [4.69, 9.17) is 4.74 Å². The van der Waals surface area contributed by atoms with E-state index in [9.17, 15) is 14.7 Å². The van der Waals surface area contributed by atoms with E-state index in [0.717, 1.165) is 0 Å². The van der Waals surface area contributed by atoms with Crippen LogP contribution in [0.4, 0.5) is 0 Å². The average Bonchev–Trinajstić information content (AvgIpc) is 2.89. The summed E-state index contributed by atoms with van der Waals surface area (Å²) in [7, 11) is 0. The first-order chi connectivity index (χ1) is 9.96. The second-order valence-corrected chi connectivity index (χ2v) is 5.47. The Morgan fingerprint density at radius 3 is 2.62 bits per heavy atom. The van der Waals surface area contributed by atoms with E-state index in [0.29, 0.717) is 30.9 Å². The van der Waals surface area contributed by atoms with Gasteiger partial charge in [-0.25, -0.2) is 0 Å². The van der Waals surface area contributed by atoms with Gasteiger partial charge < -0.3 is 14.7 Å². The van der Waals surface area contributed by atoms with Crippen LogP contribution in [0.15, 0.2) is 36.9 Å². The lowest BCUT2D eigenvalue weighted by atomic mass is 9.90. The zero-order chi connectivity index (χ0) is 15.5. The van der Waals surface area contributed by atoms with Crippen LogP contribution in [0.25, 0.3) is 0 Å². The molecule has 1 unspecified atom stereocenters. The molecular weight excluding hydrogens is 270 g/mol. The molecule has 0 aromatic heterocycles. The Bertz CT molecular complexity index is 552. The van der Waals surface area contributed by atoms with Gasteiger partial charge in [-0.1, -0.05) is 12.7 Å². The molecule has 0 saturated carbocycles. The van der Waals surface area contributed by atoms with Crippen molar-refractivity contribution in [3.8, 4) is 5.75 Å². The molecular formula is C16H19NO4. The van der Waals surface area contributed by atoms with Crippen molar-refractivity contribution >= 4 is 11.9 Å². The number of carbonyl (C=O) groups excluding carboxylic acids is 1. The number of ether oxygens (including phenoxy) is 1. The number of hydrogen-bond acceptors (Lipinski definition) is 3.